The van der Waals surface area contributed by atoms with E-state index in [4.69, 9.17) is 0 Å². The number of nitrogens with one attached hydrogen (secondary N) is 1. The number of para-hydroxylation sites is 1. The number of carbonyl (C=O) groups excluding carboxylic acids is 2. The summed E-state index contributed by atoms with van der Waals surface area (Å²) >= 11 is 0. The van der Waals surface area contributed by atoms with Crippen molar-refractivity contribution in [3.05, 3.63) is 89.2 Å². The number of hydrogen-bond acceptors (Lipinski definition) is 3. The maximum atomic E-state index is 13.0. The van der Waals surface area contributed by atoms with Gasteiger partial charge in [0.15, 0.2) is 0 Å². The molecule has 0 spiro atoms. The molecule has 1 heterocycles. The van der Waals surface area contributed by atoms with Crippen LogP contribution in [0.1, 0.15) is 38.8 Å². The summed E-state index contributed by atoms with van der Waals surface area (Å²) in [7, 11) is 0. The van der Waals surface area contributed by atoms with E-state index in [1.54, 1.807) is 11.0 Å². The number of amides is 2. The van der Waals surface area contributed by atoms with Crippen LogP contribution in [0.4, 0.5) is 11.4 Å². The van der Waals surface area contributed by atoms with Crippen LogP contribution < -0.4 is 10.2 Å². The van der Waals surface area contributed by atoms with Crippen LogP contribution >= 0.6 is 0 Å². The van der Waals surface area contributed by atoms with Crippen LogP contribution in [-0.2, 0) is 0 Å². The maximum absolute atomic E-state index is 13.0. The molecule has 5 nitrogen and oxygen atoms in total. The van der Waals surface area contributed by atoms with Gasteiger partial charge in [-0.2, -0.15) is 0 Å². The van der Waals surface area contributed by atoms with E-state index in [0.717, 1.165) is 22.5 Å². The van der Waals surface area contributed by atoms with Crippen LogP contribution in [0.5, 0.6) is 0 Å². The highest BCUT2D eigenvalue weighted by molar-refractivity contribution is 6.09. The zero-order chi connectivity index (χ0) is 20.1. The quantitative estimate of drug-likeness (QED) is 0.710. The molecule has 0 saturated heterocycles. The number of aryl methyl sites for hydroxylation is 2. The Labute approximate surface area is 165 Å². The van der Waals surface area contributed by atoms with Gasteiger partial charge in [-0.1, -0.05) is 30.3 Å². The lowest BCUT2D eigenvalue weighted by molar-refractivity contribution is 0.0988. The van der Waals surface area contributed by atoms with Gasteiger partial charge in [-0.05, 0) is 56.2 Å². The molecule has 0 saturated carbocycles. The van der Waals surface area contributed by atoms with E-state index in [9.17, 15) is 9.59 Å². The molecule has 0 unspecified atom stereocenters. The normalized spacial score (nSPS) is 10.4. The molecular weight excluding hydrogens is 350 g/mol. The van der Waals surface area contributed by atoms with Crippen LogP contribution in [0.25, 0.3) is 0 Å². The molecule has 0 fully saturated rings. The Bertz CT molecular complexity index is 1000. The Kier molecular flexibility index (Phi) is 5.84. The number of benzene rings is 2. The van der Waals surface area contributed by atoms with Gasteiger partial charge < -0.3 is 10.2 Å². The lowest BCUT2D eigenvalue weighted by atomic mass is 10.1. The van der Waals surface area contributed by atoms with E-state index >= 15 is 0 Å². The molecule has 0 atom stereocenters. The first kappa shape index (κ1) is 19.3. The van der Waals surface area contributed by atoms with Crippen LogP contribution in [0.2, 0.25) is 0 Å². The van der Waals surface area contributed by atoms with Gasteiger partial charge in [0.25, 0.3) is 11.8 Å². The minimum Gasteiger partial charge on any atom is -0.322 e. The molecule has 2 aromatic carbocycles. The van der Waals surface area contributed by atoms with Gasteiger partial charge in [-0.3, -0.25) is 14.6 Å². The summed E-state index contributed by atoms with van der Waals surface area (Å²) in [6, 6.07) is 16.9. The molecule has 0 radical (unpaired) electrons. The van der Waals surface area contributed by atoms with Crippen molar-refractivity contribution in [2.45, 2.75) is 20.8 Å². The average molecular weight is 373 g/mol. The van der Waals surface area contributed by atoms with Crippen LogP contribution in [0.3, 0.4) is 0 Å². The van der Waals surface area contributed by atoms with Crippen molar-refractivity contribution in [3.8, 4) is 0 Å². The van der Waals surface area contributed by atoms with Crippen LogP contribution in [0.15, 0.2) is 67.0 Å². The van der Waals surface area contributed by atoms with Gasteiger partial charge in [0.1, 0.15) is 0 Å². The van der Waals surface area contributed by atoms with Gasteiger partial charge in [-0.15, -0.1) is 0 Å². The second kappa shape index (κ2) is 8.48. The summed E-state index contributed by atoms with van der Waals surface area (Å²) in [5.41, 5.74) is 4.31. The van der Waals surface area contributed by atoms with Crippen LogP contribution in [-0.4, -0.2) is 23.3 Å². The molecular formula is C23H23N3O2. The molecule has 142 valence electrons. The number of anilines is 2. The Morgan fingerprint density at radius 1 is 0.964 bits per heavy atom. The SMILES string of the molecule is CCN(C(=O)c1cncc(C(=O)Nc2cc(C)ccc2C)c1)c1ccccc1. The zero-order valence-electron chi connectivity index (χ0n) is 16.3. The van der Waals surface area contributed by atoms with Crippen LogP contribution in [0, 0.1) is 13.8 Å². The molecule has 28 heavy (non-hydrogen) atoms. The number of hydrogen-bond donors (Lipinski definition) is 1. The minimum atomic E-state index is -0.293. The summed E-state index contributed by atoms with van der Waals surface area (Å²) in [6.45, 7) is 6.34. The molecule has 0 aliphatic rings. The fourth-order valence-corrected chi connectivity index (χ4v) is 2.95. The number of aromatic nitrogens is 1. The number of rotatable bonds is 5. The molecule has 1 aromatic heterocycles. The fraction of sp³-hybridized carbons (Fsp3) is 0.174. The lowest BCUT2D eigenvalue weighted by Crippen LogP contribution is -2.31. The summed E-state index contributed by atoms with van der Waals surface area (Å²) in [5, 5.41) is 2.90. The number of carbonyl (C=O) groups is 2. The molecule has 3 aromatic rings. The van der Waals surface area contributed by atoms with E-state index in [1.807, 2.05) is 69.3 Å². The monoisotopic (exact) mass is 373 g/mol. The molecule has 5 heteroatoms. The first-order valence-corrected chi connectivity index (χ1v) is 9.20. The second-order valence-electron chi connectivity index (χ2n) is 6.62. The first-order valence-electron chi connectivity index (χ1n) is 9.20. The van der Waals surface area contributed by atoms with Gasteiger partial charge in [-0.25, -0.2) is 0 Å². The van der Waals surface area contributed by atoms with Crippen molar-refractivity contribution in [3.63, 3.8) is 0 Å². The molecule has 0 aliphatic heterocycles. The molecule has 0 aliphatic carbocycles. The van der Waals surface area contributed by atoms with Gasteiger partial charge >= 0.3 is 0 Å². The largest absolute Gasteiger partial charge is 0.322 e. The predicted molar refractivity (Wildman–Crippen MR) is 112 cm³/mol. The molecule has 2 amide bonds. The van der Waals surface area contributed by atoms with Crippen molar-refractivity contribution in [2.24, 2.45) is 0 Å². The average Bonchev–Trinajstić information content (AvgIpc) is 2.72. The van der Waals surface area contributed by atoms with Crippen molar-refractivity contribution in [1.29, 1.82) is 0 Å². The summed E-state index contributed by atoms with van der Waals surface area (Å²) in [4.78, 5) is 31.4. The smallest absolute Gasteiger partial charge is 0.259 e. The fourth-order valence-electron chi connectivity index (χ4n) is 2.95. The highest BCUT2D eigenvalue weighted by Gasteiger charge is 2.18. The third-order valence-corrected chi connectivity index (χ3v) is 4.52. The zero-order valence-corrected chi connectivity index (χ0v) is 16.3. The van der Waals surface area contributed by atoms with E-state index < -0.39 is 0 Å². The van der Waals surface area contributed by atoms with Gasteiger partial charge in [0, 0.05) is 30.3 Å². The van der Waals surface area contributed by atoms with Gasteiger partial charge in [0.05, 0.1) is 11.1 Å². The number of nitrogens with zero attached hydrogens (tertiary/aromatic N) is 2. The Balaban J connectivity index is 1.84. The van der Waals surface area contributed by atoms with E-state index in [1.165, 1.54) is 12.4 Å². The van der Waals surface area contributed by atoms with Crippen molar-refractivity contribution in [2.75, 3.05) is 16.8 Å². The summed E-state index contributed by atoms with van der Waals surface area (Å²) in [5.74, 6) is -0.485. The Morgan fingerprint density at radius 3 is 2.39 bits per heavy atom. The highest BCUT2D eigenvalue weighted by atomic mass is 16.2. The molecule has 3 rings (SSSR count). The maximum Gasteiger partial charge on any atom is 0.259 e. The van der Waals surface area contributed by atoms with Crippen molar-refractivity contribution >= 4 is 23.2 Å². The third kappa shape index (κ3) is 4.26. The van der Waals surface area contributed by atoms with E-state index in [-0.39, 0.29) is 11.8 Å². The first-order chi connectivity index (χ1) is 13.5. The molecule has 1 N–H and O–H groups in total. The molecule has 0 bridgehead atoms. The summed E-state index contributed by atoms with van der Waals surface area (Å²) < 4.78 is 0. The van der Waals surface area contributed by atoms with Gasteiger partial charge in [0.2, 0.25) is 0 Å². The topological polar surface area (TPSA) is 62.3 Å². The Hall–Kier alpha value is -3.47. The second-order valence-corrected chi connectivity index (χ2v) is 6.62. The highest BCUT2D eigenvalue weighted by Crippen LogP contribution is 2.19. The minimum absolute atomic E-state index is 0.192. The Morgan fingerprint density at radius 2 is 1.68 bits per heavy atom. The number of pyridine rings is 1. The van der Waals surface area contributed by atoms with Crippen molar-refractivity contribution in [1.82, 2.24) is 4.98 Å². The standard InChI is InChI=1S/C23H23N3O2/c1-4-26(20-8-6-5-7-9-20)23(28)19-13-18(14-24-15-19)22(27)25-21-12-16(2)10-11-17(21)3/h5-15H,4H2,1-3H3,(H,25,27). The van der Waals surface area contributed by atoms with E-state index in [2.05, 4.69) is 10.3 Å². The predicted octanol–water partition coefficient (Wildman–Crippen LogP) is 4.62. The summed E-state index contributed by atoms with van der Waals surface area (Å²) in [6.07, 6.45) is 2.96. The van der Waals surface area contributed by atoms with E-state index in [0.29, 0.717) is 17.7 Å². The lowest BCUT2D eigenvalue weighted by Gasteiger charge is -2.21. The van der Waals surface area contributed by atoms with Crippen molar-refractivity contribution < 1.29 is 9.59 Å². The third-order valence-electron chi connectivity index (χ3n) is 4.52.